The van der Waals surface area contributed by atoms with Gasteiger partial charge in [-0.2, -0.15) is 0 Å². The summed E-state index contributed by atoms with van der Waals surface area (Å²) >= 11 is 0. The van der Waals surface area contributed by atoms with Gasteiger partial charge >= 0.3 is 0 Å². The van der Waals surface area contributed by atoms with Gasteiger partial charge in [-0.15, -0.1) is 0 Å². The standard InChI is InChI=1S/C11H20O3S/c1-14-7-4-8-15(13)9-11(12)10-5-2-3-6-10/h10H,2-9H2,1H3. The monoisotopic (exact) mass is 232 g/mol. The van der Waals surface area contributed by atoms with E-state index in [9.17, 15) is 9.00 Å². The zero-order chi connectivity index (χ0) is 11.1. The minimum atomic E-state index is -0.977. The van der Waals surface area contributed by atoms with Crippen LogP contribution in [0, 0.1) is 5.92 Å². The Bertz CT molecular complexity index is 222. The summed E-state index contributed by atoms with van der Waals surface area (Å²) in [6, 6.07) is 0. The highest BCUT2D eigenvalue weighted by Gasteiger charge is 2.23. The lowest BCUT2D eigenvalue weighted by molar-refractivity contribution is -0.120. The van der Waals surface area contributed by atoms with Crippen molar-refractivity contribution in [3.05, 3.63) is 0 Å². The number of hydrogen-bond donors (Lipinski definition) is 0. The van der Waals surface area contributed by atoms with Gasteiger partial charge < -0.3 is 4.74 Å². The molecule has 0 aromatic heterocycles. The molecule has 0 bridgehead atoms. The van der Waals surface area contributed by atoms with E-state index in [-0.39, 0.29) is 17.5 Å². The van der Waals surface area contributed by atoms with E-state index in [4.69, 9.17) is 4.74 Å². The molecule has 0 aromatic rings. The van der Waals surface area contributed by atoms with E-state index in [1.807, 2.05) is 0 Å². The van der Waals surface area contributed by atoms with Crippen molar-refractivity contribution in [1.29, 1.82) is 0 Å². The van der Waals surface area contributed by atoms with Crippen molar-refractivity contribution in [3.63, 3.8) is 0 Å². The normalized spacial score (nSPS) is 19.3. The van der Waals surface area contributed by atoms with Crippen LogP contribution in [0.25, 0.3) is 0 Å². The molecule has 1 saturated carbocycles. The third-order valence-electron chi connectivity index (χ3n) is 2.83. The summed E-state index contributed by atoms with van der Waals surface area (Å²) in [5.41, 5.74) is 0. The minimum absolute atomic E-state index is 0.205. The summed E-state index contributed by atoms with van der Waals surface area (Å²) in [6.07, 6.45) is 5.11. The number of carbonyl (C=O) groups excluding carboxylic acids is 1. The smallest absolute Gasteiger partial charge is 0.148 e. The zero-order valence-corrected chi connectivity index (χ0v) is 10.2. The van der Waals surface area contributed by atoms with Gasteiger partial charge in [0.2, 0.25) is 0 Å². The quantitative estimate of drug-likeness (QED) is 0.625. The van der Waals surface area contributed by atoms with Gasteiger partial charge in [0.15, 0.2) is 0 Å². The molecule has 1 atom stereocenters. The Morgan fingerprint density at radius 2 is 2.07 bits per heavy atom. The van der Waals surface area contributed by atoms with E-state index in [0.717, 1.165) is 32.1 Å². The molecule has 1 aliphatic rings. The average Bonchev–Trinajstić information content (AvgIpc) is 2.70. The zero-order valence-electron chi connectivity index (χ0n) is 9.37. The first-order valence-electron chi connectivity index (χ1n) is 5.60. The molecule has 1 aliphatic carbocycles. The molecule has 0 N–H and O–H groups in total. The summed E-state index contributed by atoms with van der Waals surface area (Å²) in [5, 5.41) is 0. The van der Waals surface area contributed by atoms with Crippen LogP contribution in [-0.4, -0.2) is 35.2 Å². The van der Waals surface area contributed by atoms with Crippen molar-refractivity contribution in [2.24, 2.45) is 5.92 Å². The van der Waals surface area contributed by atoms with Crippen LogP contribution in [-0.2, 0) is 20.3 Å². The van der Waals surface area contributed by atoms with E-state index in [1.54, 1.807) is 7.11 Å². The van der Waals surface area contributed by atoms with Crippen molar-refractivity contribution in [3.8, 4) is 0 Å². The number of hydrogen-bond acceptors (Lipinski definition) is 3. The van der Waals surface area contributed by atoms with Gasteiger partial charge in [0, 0.05) is 36.2 Å². The summed E-state index contributed by atoms with van der Waals surface area (Å²) in [7, 11) is 0.654. The van der Waals surface area contributed by atoms with Gasteiger partial charge in [0.05, 0.1) is 5.75 Å². The molecule has 1 fully saturated rings. The molecule has 3 nitrogen and oxygen atoms in total. The molecule has 15 heavy (non-hydrogen) atoms. The molecular weight excluding hydrogens is 212 g/mol. The highest BCUT2D eigenvalue weighted by Crippen LogP contribution is 2.25. The summed E-state index contributed by atoms with van der Waals surface area (Å²) in [6.45, 7) is 0.628. The first kappa shape index (κ1) is 12.8. The lowest BCUT2D eigenvalue weighted by atomic mass is 10.0. The highest BCUT2D eigenvalue weighted by molar-refractivity contribution is 7.85. The molecule has 0 radical (unpaired) electrons. The van der Waals surface area contributed by atoms with E-state index in [2.05, 4.69) is 0 Å². The summed E-state index contributed by atoms with van der Waals surface area (Å²) in [5.74, 6) is 1.26. The van der Waals surface area contributed by atoms with Crippen molar-refractivity contribution >= 4 is 16.6 Å². The Morgan fingerprint density at radius 1 is 1.40 bits per heavy atom. The number of carbonyl (C=O) groups is 1. The molecule has 4 heteroatoms. The van der Waals surface area contributed by atoms with Crippen LogP contribution < -0.4 is 0 Å². The Kier molecular flexibility index (Phi) is 6.10. The van der Waals surface area contributed by atoms with Crippen LogP contribution in [0.3, 0.4) is 0 Å². The van der Waals surface area contributed by atoms with Gasteiger partial charge in [-0.05, 0) is 19.3 Å². The van der Waals surface area contributed by atoms with Gasteiger partial charge in [0.25, 0.3) is 0 Å². The van der Waals surface area contributed by atoms with Gasteiger partial charge in [0.1, 0.15) is 5.78 Å². The lowest BCUT2D eigenvalue weighted by Crippen LogP contribution is -2.20. The molecule has 0 aliphatic heterocycles. The number of rotatable bonds is 7. The SMILES string of the molecule is COCCCS(=O)CC(=O)C1CCCC1. The maximum atomic E-state index is 11.7. The number of methoxy groups -OCH3 is 1. The third-order valence-corrected chi connectivity index (χ3v) is 4.18. The Balaban J connectivity index is 2.16. The fourth-order valence-electron chi connectivity index (χ4n) is 1.96. The molecule has 0 heterocycles. The highest BCUT2D eigenvalue weighted by atomic mass is 32.2. The fraction of sp³-hybridized carbons (Fsp3) is 0.909. The molecular formula is C11H20O3S. The second-order valence-corrected chi connectivity index (χ2v) is 5.66. The van der Waals surface area contributed by atoms with Gasteiger partial charge in [-0.1, -0.05) is 12.8 Å². The number of ether oxygens (including phenoxy) is 1. The van der Waals surface area contributed by atoms with Crippen molar-refractivity contribution in [1.82, 2.24) is 0 Å². The fourth-order valence-corrected chi connectivity index (χ4v) is 3.10. The van der Waals surface area contributed by atoms with Crippen molar-refractivity contribution in [2.45, 2.75) is 32.1 Å². The number of Topliss-reactive ketones (excluding diaryl/α,β-unsaturated/α-hetero) is 1. The Labute approximate surface area is 94.0 Å². The first-order valence-corrected chi connectivity index (χ1v) is 7.09. The van der Waals surface area contributed by atoms with Crippen LogP contribution in [0.2, 0.25) is 0 Å². The molecule has 88 valence electrons. The largest absolute Gasteiger partial charge is 0.385 e. The molecule has 0 spiro atoms. The predicted octanol–water partition coefficient (Wildman–Crippen LogP) is 1.53. The van der Waals surface area contributed by atoms with E-state index >= 15 is 0 Å². The van der Waals surface area contributed by atoms with Crippen molar-refractivity contribution in [2.75, 3.05) is 25.2 Å². The molecule has 0 amide bonds. The van der Waals surface area contributed by atoms with Gasteiger partial charge in [-0.25, -0.2) is 0 Å². The van der Waals surface area contributed by atoms with E-state index in [1.165, 1.54) is 0 Å². The summed E-state index contributed by atoms with van der Waals surface area (Å²) < 4.78 is 16.4. The molecule has 1 unspecified atom stereocenters. The Morgan fingerprint density at radius 3 is 2.67 bits per heavy atom. The van der Waals surface area contributed by atoms with Crippen molar-refractivity contribution < 1.29 is 13.7 Å². The maximum Gasteiger partial charge on any atom is 0.148 e. The second-order valence-electron chi connectivity index (χ2n) is 4.08. The number of ketones is 1. The topological polar surface area (TPSA) is 43.4 Å². The molecule has 0 saturated heterocycles. The average molecular weight is 232 g/mol. The molecule has 0 aromatic carbocycles. The van der Waals surface area contributed by atoms with Crippen LogP contribution in [0.4, 0.5) is 0 Å². The van der Waals surface area contributed by atoms with Crippen LogP contribution in [0.15, 0.2) is 0 Å². The van der Waals surface area contributed by atoms with Gasteiger partial charge in [-0.3, -0.25) is 9.00 Å². The lowest BCUT2D eigenvalue weighted by Gasteiger charge is -2.07. The third kappa shape index (κ3) is 4.89. The first-order chi connectivity index (χ1) is 7.24. The van der Waals surface area contributed by atoms with Crippen LogP contribution in [0.1, 0.15) is 32.1 Å². The second kappa shape index (κ2) is 7.12. The van der Waals surface area contributed by atoms with E-state index < -0.39 is 10.8 Å². The maximum absolute atomic E-state index is 11.7. The predicted molar refractivity (Wildman–Crippen MR) is 61.3 cm³/mol. The van der Waals surface area contributed by atoms with Crippen LogP contribution in [0.5, 0.6) is 0 Å². The summed E-state index contributed by atoms with van der Waals surface area (Å²) in [4.78, 5) is 11.7. The molecule has 1 rings (SSSR count). The minimum Gasteiger partial charge on any atom is -0.385 e. The Hall–Kier alpha value is -0.220. The van der Waals surface area contributed by atoms with Crippen LogP contribution >= 0.6 is 0 Å². The van der Waals surface area contributed by atoms with E-state index in [0.29, 0.717) is 12.4 Å².